The highest BCUT2D eigenvalue weighted by atomic mass is 32.2. The fourth-order valence-electron chi connectivity index (χ4n) is 3.68. The van der Waals surface area contributed by atoms with Crippen LogP contribution in [0.15, 0.2) is 70.6 Å². The zero-order chi connectivity index (χ0) is 19.8. The van der Waals surface area contributed by atoms with Crippen LogP contribution in [-0.4, -0.2) is 51.7 Å². The number of hydrogen-bond donors (Lipinski definition) is 1. The highest BCUT2D eigenvalue weighted by Gasteiger charge is 2.25. The zero-order valence-electron chi connectivity index (χ0n) is 16.4. The van der Waals surface area contributed by atoms with Gasteiger partial charge in [-0.25, -0.2) is 8.42 Å². The molecule has 6 heteroatoms. The molecule has 3 rings (SSSR count). The van der Waals surface area contributed by atoms with Crippen LogP contribution in [0.4, 0.5) is 0 Å². The second-order valence-electron chi connectivity index (χ2n) is 7.25. The molecule has 0 saturated carbocycles. The molecule has 28 heavy (non-hydrogen) atoms. The molecule has 2 aromatic carbocycles. The Labute approximate surface area is 168 Å². The van der Waals surface area contributed by atoms with E-state index in [-0.39, 0.29) is 5.75 Å². The second kappa shape index (κ2) is 9.73. The number of guanidine groups is 1. The van der Waals surface area contributed by atoms with Gasteiger partial charge in [0, 0.05) is 26.7 Å². The summed E-state index contributed by atoms with van der Waals surface area (Å²) in [5, 5.41) is 3.33. The van der Waals surface area contributed by atoms with E-state index in [1.54, 1.807) is 31.3 Å². The second-order valence-corrected chi connectivity index (χ2v) is 9.36. The van der Waals surface area contributed by atoms with Crippen LogP contribution in [0.3, 0.4) is 0 Å². The Kier molecular flexibility index (Phi) is 7.09. The molecule has 5 nitrogen and oxygen atoms in total. The normalized spacial score (nSPS) is 17.7. The van der Waals surface area contributed by atoms with Crippen molar-refractivity contribution in [3.8, 4) is 0 Å². The standard InChI is InChI=1S/C22H29N3O2S/c1-23-22(24-14-8-16-28(26,27)21-11-6-3-7-12-21)25-15-13-20(18-25)17-19-9-4-2-5-10-19/h2-7,9-12,20H,8,13-18H2,1H3,(H,23,24). The van der Waals surface area contributed by atoms with Gasteiger partial charge in [0.1, 0.15) is 0 Å². The average Bonchev–Trinajstić information content (AvgIpc) is 3.17. The van der Waals surface area contributed by atoms with Gasteiger partial charge in [-0.3, -0.25) is 4.99 Å². The molecule has 2 aromatic rings. The molecule has 150 valence electrons. The Bertz CT molecular complexity index is 867. The molecule has 1 atom stereocenters. The molecular formula is C22H29N3O2S. The summed E-state index contributed by atoms with van der Waals surface area (Å²) in [7, 11) is -1.44. The SMILES string of the molecule is CN=C(NCCCS(=O)(=O)c1ccccc1)N1CCC(Cc2ccccc2)C1. The molecular weight excluding hydrogens is 370 g/mol. The molecule has 1 saturated heterocycles. The monoisotopic (exact) mass is 399 g/mol. The highest BCUT2D eigenvalue weighted by Crippen LogP contribution is 2.21. The fourth-order valence-corrected chi connectivity index (χ4v) is 5.01. The maximum atomic E-state index is 12.4. The van der Waals surface area contributed by atoms with Gasteiger partial charge in [0.05, 0.1) is 10.6 Å². The lowest BCUT2D eigenvalue weighted by Gasteiger charge is -2.21. The van der Waals surface area contributed by atoms with Crippen molar-refractivity contribution in [1.82, 2.24) is 10.2 Å². The predicted molar refractivity (Wildman–Crippen MR) is 114 cm³/mol. The van der Waals surface area contributed by atoms with Gasteiger partial charge in [0.25, 0.3) is 0 Å². The molecule has 0 aromatic heterocycles. The van der Waals surface area contributed by atoms with Crippen LogP contribution in [-0.2, 0) is 16.3 Å². The number of sulfone groups is 1. The van der Waals surface area contributed by atoms with Gasteiger partial charge in [-0.2, -0.15) is 0 Å². The van der Waals surface area contributed by atoms with Crippen molar-refractivity contribution < 1.29 is 8.42 Å². The summed E-state index contributed by atoms with van der Waals surface area (Å²) in [5.74, 6) is 1.63. The molecule has 1 heterocycles. The molecule has 0 spiro atoms. The third-order valence-corrected chi connectivity index (χ3v) is 6.96. The van der Waals surface area contributed by atoms with Gasteiger partial charge in [0.2, 0.25) is 0 Å². The van der Waals surface area contributed by atoms with E-state index in [2.05, 4.69) is 39.5 Å². The van der Waals surface area contributed by atoms with Crippen molar-refractivity contribution in [3.63, 3.8) is 0 Å². The average molecular weight is 400 g/mol. The van der Waals surface area contributed by atoms with Crippen LogP contribution in [0.25, 0.3) is 0 Å². The third kappa shape index (κ3) is 5.58. The maximum absolute atomic E-state index is 12.4. The summed E-state index contributed by atoms with van der Waals surface area (Å²) in [4.78, 5) is 7.05. The number of nitrogens with zero attached hydrogens (tertiary/aromatic N) is 2. The van der Waals surface area contributed by atoms with Crippen molar-refractivity contribution in [2.24, 2.45) is 10.9 Å². The van der Waals surface area contributed by atoms with Crippen molar-refractivity contribution >= 4 is 15.8 Å². The number of hydrogen-bond acceptors (Lipinski definition) is 3. The molecule has 0 amide bonds. The minimum absolute atomic E-state index is 0.137. The predicted octanol–water partition coefficient (Wildman–Crippen LogP) is 2.99. The van der Waals surface area contributed by atoms with Gasteiger partial charge in [0.15, 0.2) is 15.8 Å². The van der Waals surface area contributed by atoms with E-state index in [0.29, 0.717) is 23.8 Å². The number of nitrogens with one attached hydrogen (secondary N) is 1. The van der Waals surface area contributed by atoms with E-state index in [9.17, 15) is 8.42 Å². The minimum Gasteiger partial charge on any atom is -0.356 e. The van der Waals surface area contributed by atoms with Crippen molar-refractivity contribution in [2.75, 3.05) is 32.4 Å². The lowest BCUT2D eigenvalue weighted by atomic mass is 9.99. The van der Waals surface area contributed by atoms with Crippen LogP contribution < -0.4 is 5.32 Å². The van der Waals surface area contributed by atoms with Crippen LogP contribution in [0.5, 0.6) is 0 Å². The van der Waals surface area contributed by atoms with Gasteiger partial charge in [-0.15, -0.1) is 0 Å². The van der Waals surface area contributed by atoms with E-state index in [1.807, 2.05) is 12.1 Å². The lowest BCUT2D eigenvalue weighted by molar-refractivity contribution is 0.460. The van der Waals surface area contributed by atoms with Crippen molar-refractivity contribution in [1.29, 1.82) is 0 Å². The van der Waals surface area contributed by atoms with Crippen molar-refractivity contribution in [2.45, 2.75) is 24.2 Å². The lowest BCUT2D eigenvalue weighted by Crippen LogP contribution is -2.40. The number of benzene rings is 2. The largest absolute Gasteiger partial charge is 0.356 e. The summed E-state index contributed by atoms with van der Waals surface area (Å²) in [5.41, 5.74) is 1.38. The van der Waals surface area contributed by atoms with Gasteiger partial charge < -0.3 is 10.2 Å². The van der Waals surface area contributed by atoms with Gasteiger partial charge in [-0.05, 0) is 42.9 Å². The third-order valence-electron chi connectivity index (χ3n) is 5.14. The first-order chi connectivity index (χ1) is 13.6. The van der Waals surface area contributed by atoms with Crippen molar-refractivity contribution in [3.05, 3.63) is 66.2 Å². The number of aliphatic imine (C=N–C) groups is 1. The maximum Gasteiger partial charge on any atom is 0.193 e. The van der Waals surface area contributed by atoms with E-state index in [0.717, 1.165) is 31.9 Å². The quantitative estimate of drug-likeness (QED) is 0.442. The Morgan fingerprint density at radius 3 is 2.46 bits per heavy atom. The summed E-state index contributed by atoms with van der Waals surface area (Å²) >= 11 is 0. The van der Waals surface area contributed by atoms with Gasteiger partial charge in [-0.1, -0.05) is 48.5 Å². The van der Waals surface area contributed by atoms with Crippen LogP contribution in [0.2, 0.25) is 0 Å². The molecule has 1 N–H and O–H groups in total. The Hall–Kier alpha value is -2.34. The van der Waals surface area contributed by atoms with Gasteiger partial charge >= 0.3 is 0 Å². The smallest absolute Gasteiger partial charge is 0.193 e. The molecule has 0 radical (unpaired) electrons. The number of likely N-dealkylation sites (tertiary alicyclic amines) is 1. The Morgan fingerprint density at radius 1 is 1.11 bits per heavy atom. The Morgan fingerprint density at radius 2 is 1.79 bits per heavy atom. The topological polar surface area (TPSA) is 61.8 Å². The number of rotatable bonds is 7. The fraction of sp³-hybridized carbons (Fsp3) is 0.409. The Balaban J connectivity index is 1.44. The van der Waals surface area contributed by atoms with E-state index >= 15 is 0 Å². The van der Waals surface area contributed by atoms with E-state index < -0.39 is 9.84 Å². The van der Waals surface area contributed by atoms with E-state index in [1.165, 1.54) is 5.56 Å². The summed E-state index contributed by atoms with van der Waals surface area (Å²) in [6, 6.07) is 19.2. The van der Waals surface area contributed by atoms with E-state index in [4.69, 9.17) is 0 Å². The van der Waals surface area contributed by atoms with Crippen LogP contribution in [0.1, 0.15) is 18.4 Å². The summed E-state index contributed by atoms with van der Waals surface area (Å²) in [6.07, 6.45) is 2.79. The molecule has 0 aliphatic carbocycles. The molecule has 1 aliphatic heterocycles. The summed E-state index contributed by atoms with van der Waals surface area (Å²) < 4.78 is 24.7. The zero-order valence-corrected chi connectivity index (χ0v) is 17.2. The molecule has 1 fully saturated rings. The minimum atomic E-state index is -3.22. The first-order valence-corrected chi connectivity index (χ1v) is 11.5. The molecule has 1 aliphatic rings. The highest BCUT2D eigenvalue weighted by molar-refractivity contribution is 7.91. The molecule has 1 unspecified atom stereocenters. The van der Waals surface area contributed by atoms with Crippen LogP contribution in [0, 0.1) is 5.92 Å². The summed E-state index contributed by atoms with van der Waals surface area (Å²) in [6.45, 7) is 2.56. The first kappa shape index (κ1) is 20.4. The van der Waals surface area contributed by atoms with Crippen LogP contribution >= 0.6 is 0 Å². The first-order valence-electron chi connectivity index (χ1n) is 9.86. The molecule has 0 bridgehead atoms.